The van der Waals surface area contributed by atoms with E-state index in [-0.39, 0.29) is 48.0 Å². The van der Waals surface area contributed by atoms with E-state index in [4.69, 9.17) is 0 Å². The quantitative estimate of drug-likeness (QED) is 0.208. The van der Waals surface area contributed by atoms with Gasteiger partial charge >= 0.3 is 0 Å². The highest BCUT2D eigenvalue weighted by Gasteiger charge is 2.04. The van der Waals surface area contributed by atoms with Crippen LogP contribution in [-0.2, 0) is 0 Å². The molecule has 24 heavy (non-hydrogen) atoms. The fourth-order valence-corrected chi connectivity index (χ4v) is 1.75. The van der Waals surface area contributed by atoms with Crippen molar-refractivity contribution in [3.63, 3.8) is 0 Å². The number of rotatable bonds is 4. The molecule has 0 bridgehead atoms. The molecule has 0 aliphatic heterocycles. The third kappa shape index (κ3) is 14.1. The SMILES string of the molecule is C[N+](C)(C)CCC#Cc1ccc(C#CCC[N+](C)(C)C)cc1.[I-].[I-]. The summed E-state index contributed by atoms with van der Waals surface area (Å²) in [6.45, 7) is 2.14. The minimum atomic E-state index is 0. The maximum Gasteiger partial charge on any atom is 0.0891 e. The Hall–Kier alpha value is -0.280. The molecule has 1 rings (SSSR count). The van der Waals surface area contributed by atoms with Gasteiger partial charge in [0.25, 0.3) is 0 Å². The fraction of sp³-hybridized carbons (Fsp3) is 0.500. The van der Waals surface area contributed by atoms with Gasteiger partial charge in [0.15, 0.2) is 0 Å². The van der Waals surface area contributed by atoms with Gasteiger partial charge in [-0.15, -0.1) is 0 Å². The first-order valence-electron chi connectivity index (χ1n) is 7.84. The zero-order chi connectivity index (χ0) is 16.6. The Morgan fingerprint density at radius 3 is 1.17 bits per heavy atom. The lowest BCUT2D eigenvalue weighted by atomic mass is 10.1. The first kappa shape index (κ1) is 26.0. The largest absolute Gasteiger partial charge is 1.00 e. The molecule has 0 N–H and O–H groups in total. The second-order valence-corrected chi connectivity index (χ2v) is 7.71. The number of hydrogen-bond donors (Lipinski definition) is 0. The van der Waals surface area contributed by atoms with E-state index >= 15 is 0 Å². The van der Waals surface area contributed by atoms with Crippen LogP contribution in [0.3, 0.4) is 0 Å². The van der Waals surface area contributed by atoms with Gasteiger partial charge in [-0.2, -0.15) is 0 Å². The number of hydrogen-bond acceptors (Lipinski definition) is 0. The van der Waals surface area contributed by atoms with Gasteiger partial charge in [-0.05, 0) is 24.3 Å². The van der Waals surface area contributed by atoms with Gasteiger partial charge in [0.1, 0.15) is 0 Å². The van der Waals surface area contributed by atoms with Crippen LogP contribution in [0.1, 0.15) is 24.0 Å². The molecule has 0 amide bonds. The van der Waals surface area contributed by atoms with Crippen LogP contribution in [-0.4, -0.2) is 64.3 Å². The van der Waals surface area contributed by atoms with Crippen LogP contribution in [0.25, 0.3) is 0 Å². The van der Waals surface area contributed by atoms with Gasteiger partial charge in [0.2, 0.25) is 0 Å². The Bertz CT molecular complexity index is 530. The van der Waals surface area contributed by atoms with Crippen LogP contribution < -0.4 is 48.0 Å². The maximum atomic E-state index is 3.24. The maximum absolute atomic E-state index is 3.24. The Morgan fingerprint density at radius 1 is 0.625 bits per heavy atom. The topological polar surface area (TPSA) is 0 Å². The molecule has 0 atom stereocenters. The molecule has 4 heteroatoms. The van der Waals surface area contributed by atoms with E-state index in [0.717, 1.165) is 46.0 Å². The van der Waals surface area contributed by atoms with Crippen LogP contribution in [0.5, 0.6) is 0 Å². The van der Waals surface area contributed by atoms with Crippen molar-refractivity contribution in [1.82, 2.24) is 0 Å². The van der Waals surface area contributed by atoms with E-state index in [1.807, 2.05) is 0 Å². The Labute approximate surface area is 183 Å². The summed E-state index contributed by atoms with van der Waals surface area (Å²) in [5, 5.41) is 0. The van der Waals surface area contributed by atoms with Crippen molar-refractivity contribution in [2.24, 2.45) is 0 Å². The molecule has 0 heterocycles. The number of nitrogens with zero attached hydrogens (tertiary/aromatic N) is 2. The van der Waals surface area contributed by atoms with Gasteiger partial charge in [-0.25, -0.2) is 0 Å². The molecule has 0 aromatic heterocycles. The predicted octanol–water partition coefficient (Wildman–Crippen LogP) is -3.41. The van der Waals surface area contributed by atoms with E-state index in [1.165, 1.54) is 0 Å². The van der Waals surface area contributed by atoms with Crippen molar-refractivity contribution >= 4 is 0 Å². The van der Waals surface area contributed by atoms with Crippen LogP contribution in [0.15, 0.2) is 24.3 Å². The Balaban J connectivity index is 0. The Kier molecular flexibility index (Phi) is 13.1. The van der Waals surface area contributed by atoms with Gasteiger partial charge in [-0.1, -0.05) is 23.7 Å². The summed E-state index contributed by atoms with van der Waals surface area (Å²) in [6, 6.07) is 8.23. The molecular formula is C20H30I2N2. The average molecular weight is 552 g/mol. The monoisotopic (exact) mass is 552 g/mol. The number of halogens is 2. The molecule has 0 fully saturated rings. The standard InChI is InChI=1S/C20H30N2.2HI/c1-21(2,3)17-9-7-11-19-13-15-20(16-14-19)12-8-10-18-22(4,5)6;;/h13-16H,9-10,17-18H2,1-6H3;2*1H/q+2;;/p-2. The molecule has 0 aliphatic carbocycles. The smallest absolute Gasteiger partial charge is 0.0891 e. The van der Waals surface area contributed by atoms with Gasteiger partial charge in [-0.3, -0.25) is 0 Å². The molecule has 0 unspecified atom stereocenters. The fourth-order valence-electron chi connectivity index (χ4n) is 1.75. The van der Waals surface area contributed by atoms with Gasteiger partial charge in [0.05, 0.1) is 68.2 Å². The summed E-state index contributed by atoms with van der Waals surface area (Å²) < 4.78 is 1.91. The van der Waals surface area contributed by atoms with E-state index in [2.05, 4.69) is 90.2 Å². The van der Waals surface area contributed by atoms with Crippen LogP contribution in [0.2, 0.25) is 0 Å². The van der Waals surface area contributed by atoms with Crippen LogP contribution >= 0.6 is 0 Å². The van der Waals surface area contributed by atoms with Gasteiger partial charge < -0.3 is 56.9 Å². The predicted molar refractivity (Wildman–Crippen MR) is 95.2 cm³/mol. The summed E-state index contributed by atoms with van der Waals surface area (Å²) in [5.74, 6) is 12.9. The van der Waals surface area contributed by atoms with E-state index in [0.29, 0.717) is 0 Å². The van der Waals surface area contributed by atoms with Crippen molar-refractivity contribution in [3.8, 4) is 23.7 Å². The highest BCUT2D eigenvalue weighted by Crippen LogP contribution is 2.02. The van der Waals surface area contributed by atoms with Gasteiger partial charge in [0, 0.05) is 11.1 Å². The van der Waals surface area contributed by atoms with Crippen molar-refractivity contribution < 1.29 is 56.9 Å². The first-order chi connectivity index (χ1) is 10.2. The minimum Gasteiger partial charge on any atom is -1.00 e. The molecule has 0 aliphatic rings. The molecule has 0 radical (unpaired) electrons. The third-order valence-corrected chi connectivity index (χ3v) is 3.17. The van der Waals surface area contributed by atoms with E-state index in [9.17, 15) is 0 Å². The van der Waals surface area contributed by atoms with Crippen LogP contribution in [0, 0.1) is 23.7 Å². The number of quaternary nitrogens is 2. The van der Waals surface area contributed by atoms with Crippen molar-refractivity contribution in [3.05, 3.63) is 35.4 Å². The summed E-state index contributed by atoms with van der Waals surface area (Å²) in [7, 11) is 13.1. The minimum absolute atomic E-state index is 0. The lowest BCUT2D eigenvalue weighted by molar-refractivity contribution is -0.869. The Morgan fingerprint density at radius 2 is 0.917 bits per heavy atom. The molecule has 0 saturated carbocycles. The van der Waals surface area contributed by atoms with E-state index < -0.39 is 0 Å². The zero-order valence-electron chi connectivity index (χ0n) is 15.8. The summed E-state index contributed by atoms with van der Waals surface area (Å²) in [4.78, 5) is 0. The summed E-state index contributed by atoms with van der Waals surface area (Å²) in [5.41, 5.74) is 2.14. The normalized spacial score (nSPS) is 10.2. The average Bonchev–Trinajstić information content (AvgIpc) is 2.39. The van der Waals surface area contributed by atoms with E-state index in [1.54, 1.807) is 0 Å². The molecule has 2 nitrogen and oxygen atoms in total. The highest BCUT2D eigenvalue weighted by molar-refractivity contribution is 5.41. The molecular weight excluding hydrogens is 522 g/mol. The van der Waals surface area contributed by atoms with Crippen LogP contribution in [0.4, 0.5) is 0 Å². The van der Waals surface area contributed by atoms with Crippen molar-refractivity contribution in [2.75, 3.05) is 55.4 Å². The number of benzene rings is 1. The second-order valence-electron chi connectivity index (χ2n) is 7.71. The lowest BCUT2D eigenvalue weighted by Crippen LogP contribution is -3.00. The highest BCUT2D eigenvalue weighted by atomic mass is 127. The molecule has 1 aromatic rings. The lowest BCUT2D eigenvalue weighted by Gasteiger charge is -2.22. The second kappa shape index (κ2) is 12.1. The van der Waals surface area contributed by atoms with Crippen molar-refractivity contribution in [2.45, 2.75) is 12.8 Å². The first-order valence-corrected chi connectivity index (χ1v) is 7.84. The third-order valence-electron chi connectivity index (χ3n) is 3.17. The molecule has 0 saturated heterocycles. The zero-order valence-corrected chi connectivity index (χ0v) is 20.1. The molecule has 1 aromatic carbocycles. The summed E-state index contributed by atoms with van der Waals surface area (Å²) in [6.07, 6.45) is 1.85. The van der Waals surface area contributed by atoms with Crippen molar-refractivity contribution in [1.29, 1.82) is 0 Å². The molecule has 134 valence electrons. The molecule has 0 spiro atoms. The summed E-state index contributed by atoms with van der Waals surface area (Å²) >= 11 is 0.